The molecule has 0 amide bonds. The number of aryl methyl sites for hydroxylation is 1. The number of carbonyl (C=O) groups is 1. The topological polar surface area (TPSA) is 40.5 Å². The first-order valence-electron chi connectivity index (χ1n) is 6.39. The van der Waals surface area contributed by atoms with Crippen LogP contribution in [0.2, 0.25) is 0 Å². The highest BCUT2D eigenvalue weighted by atomic mass is 79.9. The summed E-state index contributed by atoms with van der Waals surface area (Å²) in [5, 5.41) is 9.16. The quantitative estimate of drug-likeness (QED) is 0.887. The first-order chi connectivity index (χ1) is 9.51. The molecule has 0 radical (unpaired) electrons. The van der Waals surface area contributed by atoms with E-state index in [2.05, 4.69) is 26.9 Å². The third kappa shape index (κ3) is 3.20. The molecule has 1 N–H and O–H groups in total. The van der Waals surface area contributed by atoms with E-state index in [9.17, 15) is 4.79 Å². The summed E-state index contributed by atoms with van der Waals surface area (Å²) in [6.45, 7) is 4.85. The molecular formula is C16H16BrNO2. The molecular weight excluding hydrogens is 318 g/mol. The Hall–Kier alpha value is -1.81. The van der Waals surface area contributed by atoms with Gasteiger partial charge in [0.15, 0.2) is 0 Å². The summed E-state index contributed by atoms with van der Waals surface area (Å²) in [5.41, 5.74) is 3.38. The van der Waals surface area contributed by atoms with E-state index in [1.165, 1.54) is 5.56 Å². The van der Waals surface area contributed by atoms with Gasteiger partial charge >= 0.3 is 5.97 Å². The van der Waals surface area contributed by atoms with Gasteiger partial charge in [0, 0.05) is 22.4 Å². The van der Waals surface area contributed by atoms with Crippen molar-refractivity contribution in [2.75, 3.05) is 11.4 Å². The molecule has 0 aromatic heterocycles. The highest BCUT2D eigenvalue weighted by molar-refractivity contribution is 9.10. The molecule has 0 aliphatic carbocycles. The van der Waals surface area contributed by atoms with Gasteiger partial charge in [-0.3, -0.25) is 0 Å². The lowest BCUT2D eigenvalue weighted by Gasteiger charge is -2.24. The first-order valence-corrected chi connectivity index (χ1v) is 7.18. The fourth-order valence-corrected chi connectivity index (χ4v) is 2.64. The zero-order chi connectivity index (χ0) is 14.7. The van der Waals surface area contributed by atoms with Crippen molar-refractivity contribution in [3.05, 3.63) is 58.1 Å². The minimum Gasteiger partial charge on any atom is -0.478 e. The molecule has 0 unspecified atom stereocenters. The zero-order valence-electron chi connectivity index (χ0n) is 11.4. The number of hydrogen-bond donors (Lipinski definition) is 1. The van der Waals surface area contributed by atoms with E-state index in [0.717, 1.165) is 22.4 Å². The molecule has 2 rings (SSSR count). The molecule has 104 valence electrons. The van der Waals surface area contributed by atoms with Crippen LogP contribution in [0.4, 0.5) is 11.4 Å². The number of anilines is 2. The summed E-state index contributed by atoms with van der Waals surface area (Å²) >= 11 is 3.38. The average molecular weight is 334 g/mol. The Morgan fingerprint density at radius 1 is 1.20 bits per heavy atom. The van der Waals surface area contributed by atoms with Crippen molar-refractivity contribution in [2.24, 2.45) is 0 Å². The van der Waals surface area contributed by atoms with Crippen molar-refractivity contribution in [1.82, 2.24) is 0 Å². The maximum Gasteiger partial charge on any atom is 0.335 e. The molecule has 0 heterocycles. The number of rotatable bonds is 4. The van der Waals surface area contributed by atoms with Crippen LogP contribution < -0.4 is 4.90 Å². The summed E-state index contributed by atoms with van der Waals surface area (Å²) < 4.78 is 0.763. The Morgan fingerprint density at radius 2 is 1.95 bits per heavy atom. The smallest absolute Gasteiger partial charge is 0.335 e. The molecule has 0 saturated carbocycles. The molecule has 0 aliphatic rings. The molecule has 2 aromatic rings. The fourth-order valence-electron chi connectivity index (χ4n) is 2.16. The number of carboxylic acid groups (broad SMARTS) is 1. The van der Waals surface area contributed by atoms with E-state index < -0.39 is 5.97 Å². The van der Waals surface area contributed by atoms with Gasteiger partial charge in [-0.2, -0.15) is 0 Å². The van der Waals surface area contributed by atoms with Crippen LogP contribution in [0.25, 0.3) is 0 Å². The van der Waals surface area contributed by atoms with Crippen molar-refractivity contribution in [2.45, 2.75) is 13.8 Å². The number of halogens is 1. The van der Waals surface area contributed by atoms with Gasteiger partial charge in [0.25, 0.3) is 0 Å². The average Bonchev–Trinajstić information content (AvgIpc) is 2.39. The summed E-state index contributed by atoms with van der Waals surface area (Å²) in [4.78, 5) is 13.3. The lowest BCUT2D eigenvalue weighted by Crippen LogP contribution is -2.16. The van der Waals surface area contributed by atoms with Gasteiger partial charge in [0.2, 0.25) is 0 Å². The van der Waals surface area contributed by atoms with Crippen molar-refractivity contribution in [3.8, 4) is 0 Å². The lowest BCUT2D eigenvalue weighted by atomic mass is 10.1. The van der Waals surface area contributed by atoms with Crippen molar-refractivity contribution in [1.29, 1.82) is 0 Å². The maximum absolute atomic E-state index is 11.2. The van der Waals surface area contributed by atoms with Crippen LogP contribution in [0, 0.1) is 6.92 Å². The van der Waals surface area contributed by atoms with Crippen LogP contribution in [0.1, 0.15) is 22.8 Å². The minimum atomic E-state index is -0.923. The van der Waals surface area contributed by atoms with Crippen LogP contribution in [0.3, 0.4) is 0 Å². The molecule has 0 spiro atoms. The SMILES string of the molecule is CCN(c1cccc(C)c1)c1cc(Br)cc(C(=O)O)c1. The Kier molecular flexibility index (Phi) is 4.45. The first kappa shape index (κ1) is 14.6. The number of carboxylic acids is 1. The third-order valence-electron chi connectivity index (χ3n) is 3.07. The Labute approximate surface area is 127 Å². The van der Waals surface area contributed by atoms with Crippen LogP contribution in [0.15, 0.2) is 46.9 Å². The van der Waals surface area contributed by atoms with E-state index >= 15 is 0 Å². The summed E-state index contributed by atoms with van der Waals surface area (Å²) in [6.07, 6.45) is 0. The minimum absolute atomic E-state index is 0.278. The standard InChI is InChI=1S/C16H16BrNO2/c1-3-18(14-6-4-5-11(2)7-14)15-9-12(16(19)20)8-13(17)10-15/h4-10H,3H2,1-2H3,(H,19,20). The summed E-state index contributed by atoms with van der Waals surface area (Å²) in [6, 6.07) is 13.4. The van der Waals surface area contributed by atoms with Crippen molar-refractivity contribution < 1.29 is 9.90 Å². The molecule has 2 aromatic carbocycles. The van der Waals surface area contributed by atoms with Crippen LogP contribution in [0.5, 0.6) is 0 Å². The predicted octanol–water partition coefficient (Wildman–Crippen LogP) is 4.61. The van der Waals surface area contributed by atoms with E-state index in [-0.39, 0.29) is 5.56 Å². The molecule has 4 heteroatoms. The maximum atomic E-state index is 11.2. The van der Waals surface area contributed by atoms with Gasteiger partial charge in [0.1, 0.15) is 0 Å². The monoisotopic (exact) mass is 333 g/mol. The second-order valence-electron chi connectivity index (χ2n) is 4.59. The number of benzene rings is 2. The third-order valence-corrected chi connectivity index (χ3v) is 3.53. The van der Waals surface area contributed by atoms with E-state index in [1.54, 1.807) is 12.1 Å². The number of hydrogen-bond acceptors (Lipinski definition) is 2. The highest BCUT2D eigenvalue weighted by Gasteiger charge is 2.12. The Balaban J connectivity index is 2.49. The molecule has 0 atom stereocenters. The van der Waals surface area contributed by atoms with Crippen LogP contribution >= 0.6 is 15.9 Å². The second kappa shape index (κ2) is 6.09. The largest absolute Gasteiger partial charge is 0.478 e. The van der Waals surface area contributed by atoms with Gasteiger partial charge in [-0.05, 0) is 49.7 Å². The Bertz CT molecular complexity index is 640. The van der Waals surface area contributed by atoms with E-state index in [0.29, 0.717) is 0 Å². The number of nitrogens with zero attached hydrogens (tertiary/aromatic N) is 1. The van der Waals surface area contributed by atoms with Crippen molar-refractivity contribution in [3.63, 3.8) is 0 Å². The van der Waals surface area contributed by atoms with E-state index in [4.69, 9.17) is 5.11 Å². The summed E-state index contributed by atoms with van der Waals surface area (Å²) in [7, 11) is 0. The van der Waals surface area contributed by atoms with Crippen LogP contribution in [-0.4, -0.2) is 17.6 Å². The molecule has 0 fully saturated rings. The van der Waals surface area contributed by atoms with Gasteiger partial charge in [0.05, 0.1) is 5.56 Å². The van der Waals surface area contributed by atoms with Gasteiger partial charge in [-0.25, -0.2) is 4.79 Å². The molecule has 0 saturated heterocycles. The highest BCUT2D eigenvalue weighted by Crippen LogP contribution is 2.29. The summed E-state index contributed by atoms with van der Waals surface area (Å²) in [5.74, 6) is -0.923. The lowest BCUT2D eigenvalue weighted by molar-refractivity contribution is 0.0697. The molecule has 0 bridgehead atoms. The second-order valence-corrected chi connectivity index (χ2v) is 5.50. The van der Waals surface area contributed by atoms with Gasteiger partial charge in [-0.15, -0.1) is 0 Å². The predicted molar refractivity (Wildman–Crippen MR) is 85.0 cm³/mol. The van der Waals surface area contributed by atoms with Gasteiger partial charge < -0.3 is 10.0 Å². The Morgan fingerprint density at radius 3 is 2.55 bits per heavy atom. The number of aromatic carboxylic acids is 1. The fraction of sp³-hybridized carbons (Fsp3) is 0.188. The van der Waals surface area contributed by atoms with E-state index in [1.807, 2.05) is 38.1 Å². The molecule has 20 heavy (non-hydrogen) atoms. The molecule has 0 aliphatic heterocycles. The van der Waals surface area contributed by atoms with Gasteiger partial charge in [-0.1, -0.05) is 28.1 Å². The van der Waals surface area contributed by atoms with Crippen LogP contribution in [-0.2, 0) is 0 Å². The zero-order valence-corrected chi connectivity index (χ0v) is 13.0. The molecule has 3 nitrogen and oxygen atoms in total. The normalized spacial score (nSPS) is 10.3. The van der Waals surface area contributed by atoms with Crippen molar-refractivity contribution >= 4 is 33.3 Å².